The Labute approximate surface area is 200 Å². The van der Waals surface area contributed by atoms with Gasteiger partial charge in [-0.1, -0.05) is 17.7 Å². The van der Waals surface area contributed by atoms with Gasteiger partial charge in [0.1, 0.15) is 11.6 Å². The van der Waals surface area contributed by atoms with Crippen LogP contribution >= 0.6 is 11.6 Å². The van der Waals surface area contributed by atoms with E-state index in [4.69, 9.17) is 16.3 Å². The van der Waals surface area contributed by atoms with E-state index in [1.807, 2.05) is 6.07 Å². The zero-order valence-corrected chi connectivity index (χ0v) is 20.1. The van der Waals surface area contributed by atoms with E-state index >= 15 is 0 Å². The second-order valence-electron chi connectivity index (χ2n) is 9.54. The van der Waals surface area contributed by atoms with Gasteiger partial charge in [0.25, 0.3) is 0 Å². The largest absolute Gasteiger partial charge is 0.388 e. The first-order chi connectivity index (χ1) is 15.8. The Morgan fingerprint density at radius 1 is 1.21 bits per heavy atom. The lowest BCUT2D eigenvalue weighted by molar-refractivity contribution is 0.161. The summed E-state index contributed by atoms with van der Waals surface area (Å²) in [5.41, 5.74) is 1.26. The van der Waals surface area contributed by atoms with Crippen molar-refractivity contribution in [1.82, 2.24) is 10.3 Å². The lowest BCUT2D eigenvalue weighted by atomic mass is 9.90. The van der Waals surface area contributed by atoms with E-state index in [9.17, 15) is 9.50 Å². The van der Waals surface area contributed by atoms with Crippen LogP contribution in [-0.4, -0.2) is 54.1 Å². The van der Waals surface area contributed by atoms with Crippen molar-refractivity contribution in [3.63, 3.8) is 0 Å². The molecule has 0 saturated heterocycles. The summed E-state index contributed by atoms with van der Waals surface area (Å²) in [5, 5.41) is 20.8. The number of hydrogen-bond acceptors (Lipinski definition) is 6. The number of benzene rings is 1. The quantitative estimate of drug-likeness (QED) is 0.393. The molecular formula is C25H34ClFN4O2. The lowest BCUT2D eigenvalue weighted by Crippen LogP contribution is -2.42. The summed E-state index contributed by atoms with van der Waals surface area (Å²) < 4.78 is 19.5. The van der Waals surface area contributed by atoms with Gasteiger partial charge in [0.15, 0.2) is 0 Å². The molecule has 33 heavy (non-hydrogen) atoms. The lowest BCUT2D eigenvalue weighted by Gasteiger charge is -2.32. The molecular weight excluding hydrogens is 443 g/mol. The monoisotopic (exact) mass is 476 g/mol. The van der Waals surface area contributed by atoms with E-state index in [1.54, 1.807) is 25.4 Å². The van der Waals surface area contributed by atoms with Gasteiger partial charge in [-0.2, -0.15) is 0 Å². The highest BCUT2D eigenvalue weighted by molar-refractivity contribution is 6.33. The first-order valence-electron chi connectivity index (χ1n) is 11.8. The van der Waals surface area contributed by atoms with Crippen LogP contribution < -0.4 is 16.0 Å². The molecule has 2 aromatic rings. The SMILES string of the molecule is COC[C@H](C)NC1CCC(Nc2cc(-c3ccc(F)c(NCC4(O)CC4)c3)c(Cl)cn2)CC1. The van der Waals surface area contributed by atoms with Crippen LogP contribution in [0.1, 0.15) is 45.4 Å². The highest BCUT2D eigenvalue weighted by Crippen LogP contribution is 2.36. The molecule has 0 aliphatic heterocycles. The number of hydrogen-bond donors (Lipinski definition) is 4. The fourth-order valence-electron chi connectivity index (χ4n) is 4.46. The molecule has 0 spiro atoms. The number of pyridine rings is 1. The maximum absolute atomic E-state index is 14.3. The molecule has 8 heteroatoms. The number of methoxy groups -OCH3 is 1. The third kappa shape index (κ3) is 6.57. The molecule has 2 aliphatic carbocycles. The van der Waals surface area contributed by atoms with E-state index < -0.39 is 5.60 Å². The van der Waals surface area contributed by atoms with E-state index in [2.05, 4.69) is 27.9 Å². The van der Waals surface area contributed by atoms with Crippen molar-refractivity contribution in [2.24, 2.45) is 0 Å². The molecule has 4 rings (SSSR count). The smallest absolute Gasteiger partial charge is 0.146 e. The van der Waals surface area contributed by atoms with Crippen LogP contribution in [0.15, 0.2) is 30.5 Å². The standard InChI is InChI=1S/C25H34ClFN4O2/c1-16(14-33-2)30-18-4-6-19(7-5-18)31-24-12-20(21(26)13-28-24)17-3-8-22(27)23(11-17)29-15-25(32)9-10-25/h3,8,11-13,16,18-19,29-30,32H,4-7,9-10,14-15H2,1-2H3,(H,28,31)/t16-,18?,19?/m0/s1. The molecule has 2 saturated carbocycles. The number of aliphatic hydroxyl groups is 1. The molecule has 1 atom stereocenters. The third-order valence-corrected chi connectivity index (χ3v) is 6.89. The zero-order chi connectivity index (χ0) is 23.4. The summed E-state index contributed by atoms with van der Waals surface area (Å²) in [6.45, 7) is 3.21. The van der Waals surface area contributed by atoms with E-state index in [1.165, 1.54) is 6.07 Å². The highest BCUT2D eigenvalue weighted by atomic mass is 35.5. The Hall–Kier alpha value is -1.93. The summed E-state index contributed by atoms with van der Waals surface area (Å²) in [5.74, 6) is 0.418. The number of halogens is 2. The maximum atomic E-state index is 14.3. The van der Waals surface area contributed by atoms with Gasteiger partial charge in [0.2, 0.25) is 0 Å². The Balaban J connectivity index is 1.39. The van der Waals surface area contributed by atoms with Gasteiger partial charge in [-0.05, 0) is 69.2 Å². The van der Waals surface area contributed by atoms with Crippen molar-refractivity contribution < 1.29 is 14.2 Å². The van der Waals surface area contributed by atoms with Gasteiger partial charge < -0.3 is 25.8 Å². The van der Waals surface area contributed by atoms with Crippen LogP contribution in [0.3, 0.4) is 0 Å². The predicted molar refractivity (Wildman–Crippen MR) is 131 cm³/mol. The minimum atomic E-state index is -0.704. The summed E-state index contributed by atoms with van der Waals surface area (Å²) in [6.07, 6.45) is 7.46. The minimum absolute atomic E-state index is 0.339. The molecule has 180 valence electrons. The van der Waals surface area contributed by atoms with E-state index in [0.717, 1.165) is 62.1 Å². The molecule has 2 aliphatic rings. The molecule has 0 bridgehead atoms. The van der Waals surface area contributed by atoms with Crippen molar-refractivity contribution in [1.29, 1.82) is 0 Å². The Morgan fingerprint density at radius 2 is 1.94 bits per heavy atom. The molecule has 1 heterocycles. The molecule has 0 amide bonds. The first-order valence-corrected chi connectivity index (χ1v) is 12.2. The number of rotatable bonds is 10. The van der Waals surface area contributed by atoms with Crippen molar-refractivity contribution in [3.05, 3.63) is 41.3 Å². The summed E-state index contributed by atoms with van der Waals surface area (Å²) in [6, 6.07) is 8.04. The summed E-state index contributed by atoms with van der Waals surface area (Å²) in [4.78, 5) is 4.47. The molecule has 0 unspecified atom stereocenters. The fraction of sp³-hybridized carbons (Fsp3) is 0.560. The Kier molecular flexibility index (Phi) is 7.74. The highest BCUT2D eigenvalue weighted by Gasteiger charge is 2.40. The fourth-order valence-corrected chi connectivity index (χ4v) is 4.67. The number of nitrogens with one attached hydrogen (secondary N) is 3. The molecule has 6 nitrogen and oxygen atoms in total. The van der Waals surface area contributed by atoms with Gasteiger partial charge in [-0.25, -0.2) is 9.37 Å². The van der Waals surface area contributed by atoms with Crippen molar-refractivity contribution in [2.75, 3.05) is 30.9 Å². The minimum Gasteiger partial charge on any atom is -0.388 e. The summed E-state index contributed by atoms with van der Waals surface area (Å²) in [7, 11) is 1.73. The summed E-state index contributed by atoms with van der Waals surface area (Å²) >= 11 is 6.46. The van der Waals surface area contributed by atoms with Gasteiger partial charge in [-0.15, -0.1) is 0 Å². The molecule has 1 aromatic heterocycles. The van der Waals surface area contributed by atoms with Crippen molar-refractivity contribution in [3.8, 4) is 11.1 Å². The molecule has 4 N–H and O–H groups in total. The van der Waals surface area contributed by atoms with Crippen LogP contribution in [0.4, 0.5) is 15.9 Å². The maximum Gasteiger partial charge on any atom is 0.146 e. The zero-order valence-electron chi connectivity index (χ0n) is 19.3. The topological polar surface area (TPSA) is 78.4 Å². The van der Waals surface area contributed by atoms with Crippen LogP contribution in [0, 0.1) is 5.82 Å². The van der Waals surface area contributed by atoms with Crippen LogP contribution in [0.2, 0.25) is 5.02 Å². The average Bonchev–Trinajstić information content (AvgIpc) is 3.53. The van der Waals surface area contributed by atoms with Crippen LogP contribution in [0.25, 0.3) is 11.1 Å². The second kappa shape index (κ2) is 10.6. The van der Waals surface area contributed by atoms with Gasteiger partial charge in [0.05, 0.1) is 22.9 Å². The number of anilines is 2. The Morgan fingerprint density at radius 3 is 2.64 bits per heavy atom. The third-order valence-electron chi connectivity index (χ3n) is 6.58. The molecule has 0 radical (unpaired) electrons. The van der Waals surface area contributed by atoms with Crippen LogP contribution in [0.5, 0.6) is 0 Å². The molecule has 1 aromatic carbocycles. The van der Waals surface area contributed by atoms with E-state index in [-0.39, 0.29) is 5.82 Å². The van der Waals surface area contributed by atoms with Crippen molar-refractivity contribution in [2.45, 2.75) is 69.2 Å². The number of ether oxygens (including phenoxy) is 1. The Bertz CT molecular complexity index is 948. The second-order valence-corrected chi connectivity index (χ2v) is 9.95. The number of aromatic nitrogens is 1. The van der Waals surface area contributed by atoms with Gasteiger partial charge in [0, 0.05) is 43.5 Å². The molecule has 2 fully saturated rings. The first kappa shape index (κ1) is 24.2. The predicted octanol–water partition coefficient (Wildman–Crippen LogP) is 4.83. The van der Waals surface area contributed by atoms with Gasteiger partial charge in [-0.3, -0.25) is 0 Å². The number of nitrogens with zero attached hydrogens (tertiary/aromatic N) is 1. The normalized spacial score (nSPS) is 22.6. The van der Waals surface area contributed by atoms with Gasteiger partial charge >= 0.3 is 0 Å². The average molecular weight is 477 g/mol. The van der Waals surface area contributed by atoms with E-state index in [0.29, 0.717) is 35.4 Å². The van der Waals surface area contributed by atoms with Crippen molar-refractivity contribution >= 4 is 23.1 Å². The van der Waals surface area contributed by atoms with Crippen LogP contribution in [-0.2, 0) is 4.74 Å².